The van der Waals surface area contributed by atoms with Gasteiger partial charge in [0.2, 0.25) is 0 Å². The molecule has 0 aromatic heterocycles. The zero-order chi connectivity index (χ0) is 10.4. The molecule has 1 saturated carbocycles. The molecule has 14 heavy (non-hydrogen) atoms. The number of ether oxygens (including phenoxy) is 1. The van der Waals surface area contributed by atoms with Crippen LogP contribution in [-0.2, 0) is 4.74 Å². The summed E-state index contributed by atoms with van der Waals surface area (Å²) in [5.74, 6) is 0. The molecule has 0 saturated heterocycles. The maximum Gasteiger partial charge on any atom is 0.0607 e. The minimum Gasteiger partial charge on any atom is -0.381 e. The van der Waals surface area contributed by atoms with Crippen LogP contribution >= 0.6 is 0 Å². The van der Waals surface area contributed by atoms with Crippen molar-refractivity contribution < 1.29 is 4.74 Å². The van der Waals surface area contributed by atoms with Gasteiger partial charge in [0, 0.05) is 19.2 Å². The molecule has 0 atom stereocenters. The Hall–Kier alpha value is -0.380. The van der Waals surface area contributed by atoms with E-state index in [1.807, 2.05) is 6.92 Å². The molecule has 1 aliphatic rings. The van der Waals surface area contributed by atoms with E-state index < -0.39 is 0 Å². The Morgan fingerprint density at radius 1 is 1.57 bits per heavy atom. The highest BCUT2D eigenvalue weighted by Crippen LogP contribution is 2.33. The van der Waals surface area contributed by atoms with E-state index in [2.05, 4.69) is 17.5 Å². The lowest BCUT2D eigenvalue weighted by Gasteiger charge is -2.47. The number of allylic oxidation sites excluding steroid dienone is 1. The van der Waals surface area contributed by atoms with Gasteiger partial charge >= 0.3 is 0 Å². The summed E-state index contributed by atoms with van der Waals surface area (Å²) in [5.41, 5.74) is 5.92. The second-order valence-corrected chi connectivity index (χ2v) is 4.03. The van der Waals surface area contributed by atoms with Gasteiger partial charge in [-0.2, -0.15) is 0 Å². The van der Waals surface area contributed by atoms with Crippen LogP contribution < -0.4 is 11.1 Å². The van der Waals surface area contributed by atoms with Crippen molar-refractivity contribution in [2.45, 2.75) is 37.8 Å². The molecule has 1 aliphatic carbocycles. The number of hydrogen-bond acceptors (Lipinski definition) is 3. The van der Waals surface area contributed by atoms with Gasteiger partial charge in [-0.3, -0.25) is 0 Å². The van der Waals surface area contributed by atoms with Crippen molar-refractivity contribution in [3.8, 4) is 0 Å². The van der Waals surface area contributed by atoms with E-state index in [9.17, 15) is 0 Å². The highest BCUT2D eigenvalue weighted by atomic mass is 16.5. The monoisotopic (exact) mass is 198 g/mol. The molecule has 0 heterocycles. The first-order valence-electron chi connectivity index (χ1n) is 5.35. The van der Waals surface area contributed by atoms with Gasteiger partial charge in [0.05, 0.1) is 6.10 Å². The second-order valence-electron chi connectivity index (χ2n) is 4.03. The summed E-state index contributed by atoms with van der Waals surface area (Å²) in [7, 11) is 1.77. The van der Waals surface area contributed by atoms with Gasteiger partial charge in [0.15, 0.2) is 0 Å². The molecule has 0 spiro atoms. The first-order valence-corrected chi connectivity index (χ1v) is 5.35. The maximum atomic E-state index is 5.76. The van der Waals surface area contributed by atoms with Gasteiger partial charge in [-0.1, -0.05) is 12.2 Å². The molecular formula is C11H22N2O. The van der Waals surface area contributed by atoms with Gasteiger partial charge in [-0.15, -0.1) is 0 Å². The molecule has 0 amide bonds. The first kappa shape index (κ1) is 11.7. The van der Waals surface area contributed by atoms with Crippen LogP contribution in [0.4, 0.5) is 0 Å². The van der Waals surface area contributed by atoms with Gasteiger partial charge < -0.3 is 15.8 Å². The van der Waals surface area contributed by atoms with Crippen molar-refractivity contribution in [2.24, 2.45) is 5.73 Å². The summed E-state index contributed by atoms with van der Waals surface area (Å²) in [6, 6.07) is 0. The zero-order valence-corrected chi connectivity index (χ0v) is 9.25. The van der Waals surface area contributed by atoms with Crippen LogP contribution in [-0.4, -0.2) is 31.8 Å². The van der Waals surface area contributed by atoms with Crippen LogP contribution in [0.2, 0.25) is 0 Å². The quantitative estimate of drug-likeness (QED) is 0.495. The van der Waals surface area contributed by atoms with Crippen LogP contribution in [0.3, 0.4) is 0 Å². The molecule has 82 valence electrons. The fraction of sp³-hybridized carbons (Fsp3) is 0.818. The SMILES string of the molecule is C/C=C/CCNC1(CN)CC(OC)C1. The average Bonchev–Trinajstić information content (AvgIpc) is 2.16. The lowest BCUT2D eigenvalue weighted by Crippen LogP contribution is -2.62. The molecular weight excluding hydrogens is 176 g/mol. The molecule has 3 nitrogen and oxygen atoms in total. The number of rotatable bonds is 6. The summed E-state index contributed by atoms with van der Waals surface area (Å²) in [6.45, 7) is 3.77. The molecule has 0 radical (unpaired) electrons. The van der Waals surface area contributed by atoms with E-state index in [1.54, 1.807) is 7.11 Å². The molecule has 0 unspecified atom stereocenters. The predicted molar refractivity (Wildman–Crippen MR) is 59.3 cm³/mol. The molecule has 1 fully saturated rings. The van der Waals surface area contributed by atoms with E-state index in [0.717, 1.165) is 25.8 Å². The fourth-order valence-electron chi connectivity index (χ4n) is 1.95. The van der Waals surface area contributed by atoms with Crippen molar-refractivity contribution in [1.29, 1.82) is 0 Å². The van der Waals surface area contributed by atoms with Gasteiger partial charge in [0.1, 0.15) is 0 Å². The first-order chi connectivity index (χ1) is 6.76. The third-order valence-corrected chi connectivity index (χ3v) is 3.01. The number of nitrogens with one attached hydrogen (secondary N) is 1. The molecule has 0 aromatic carbocycles. The minimum absolute atomic E-state index is 0.155. The smallest absolute Gasteiger partial charge is 0.0607 e. The summed E-state index contributed by atoms with van der Waals surface area (Å²) in [5, 5.41) is 3.53. The number of methoxy groups -OCH3 is 1. The summed E-state index contributed by atoms with van der Waals surface area (Å²) in [4.78, 5) is 0. The van der Waals surface area contributed by atoms with Crippen molar-refractivity contribution >= 4 is 0 Å². The van der Waals surface area contributed by atoms with Crippen LogP contribution in [0.5, 0.6) is 0 Å². The summed E-state index contributed by atoms with van der Waals surface area (Å²) >= 11 is 0. The van der Waals surface area contributed by atoms with E-state index in [0.29, 0.717) is 12.6 Å². The maximum absolute atomic E-state index is 5.76. The number of nitrogens with two attached hydrogens (primary N) is 1. The van der Waals surface area contributed by atoms with Crippen molar-refractivity contribution in [1.82, 2.24) is 5.32 Å². The Labute approximate surface area is 86.7 Å². The highest BCUT2D eigenvalue weighted by molar-refractivity contribution is 5.03. The molecule has 3 N–H and O–H groups in total. The van der Waals surface area contributed by atoms with Crippen LogP contribution in [0.1, 0.15) is 26.2 Å². The van der Waals surface area contributed by atoms with Gasteiger partial charge in [-0.25, -0.2) is 0 Å². The largest absolute Gasteiger partial charge is 0.381 e. The topological polar surface area (TPSA) is 47.3 Å². The standard InChI is InChI=1S/C11H22N2O/c1-3-4-5-6-13-11(9-12)7-10(8-11)14-2/h3-4,10,13H,5-9,12H2,1-2H3/b4-3+. The summed E-state index contributed by atoms with van der Waals surface area (Å²) in [6.07, 6.45) is 7.84. The molecule has 0 aliphatic heterocycles. The Morgan fingerprint density at radius 3 is 2.79 bits per heavy atom. The zero-order valence-electron chi connectivity index (χ0n) is 9.25. The Bertz CT molecular complexity index is 186. The van der Waals surface area contributed by atoms with Crippen LogP contribution in [0.25, 0.3) is 0 Å². The molecule has 3 heteroatoms. The normalized spacial score (nSPS) is 32.1. The van der Waals surface area contributed by atoms with Crippen LogP contribution in [0.15, 0.2) is 12.2 Å². The number of hydrogen-bond donors (Lipinski definition) is 2. The lowest BCUT2D eigenvalue weighted by atomic mass is 9.74. The molecule has 0 bridgehead atoms. The van der Waals surface area contributed by atoms with Gasteiger partial charge in [-0.05, 0) is 32.7 Å². The lowest BCUT2D eigenvalue weighted by molar-refractivity contribution is -0.0261. The Kier molecular flexibility index (Phi) is 4.58. The van der Waals surface area contributed by atoms with E-state index >= 15 is 0 Å². The van der Waals surface area contributed by atoms with E-state index in [-0.39, 0.29) is 5.54 Å². The van der Waals surface area contributed by atoms with Crippen LogP contribution in [0, 0.1) is 0 Å². The van der Waals surface area contributed by atoms with E-state index in [4.69, 9.17) is 10.5 Å². The third-order valence-electron chi connectivity index (χ3n) is 3.01. The minimum atomic E-state index is 0.155. The van der Waals surface area contributed by atoms with E-state index in [1.165, 1.54) is 0 Å². The van der Waals surface area contributed by atoms with Crippen molar-refractivity contribution in [3.05, 3.63) is 12.2 Å². The Balaban J connectivity index is 2.20. The second kappa shape index (κ2) is 5.49. The average molecular weight is 198 g/mol. The highest BCUT2D eigenvalue weighted by Gasteiger charge is 2.42. The molecule has 1 rings (SSSR count). The Morgan fingerprint density at radius 2 is 2.29 bits per heavy atom. The van der Waals surface area contributed by atoms with Gasteiger partial charge in [0.25, 0.3) is 0 Å². The van der Waals surface area contributed by atoms with Crippen molar-refractivity contribution in [3.63, 3.8) is 0 Å². The van der Waals surface area contributed by atoms with Crippen molar-refractivity contribution in [2.75, 3.05) is 20.2 Å². The summed E-state index contributed by atoms with van der Waals surface area (Å²) < 4.78 is 5.26. The molecule has 0 aromatic rings. The third kappa shape index (κ3) is 2.80. The predicted octanol–water partition coefficient (Wildman–Crippen LogP) is 1.05. The fourth-order valence-corrected chi connectivity index (χ4v) is 1.95.